The van der Waals surface area contributed by atoms with E-state index in [1.165, 1.54) is 39.7 Å². The molecular weight excluding hydrogens is 652 g/mol. The average molecular weight is 676 g/mol. The van der Waals surface area contributed by atoms with Gasteiger partial charge in [-0.05, 0) is 96.0 Å². The molecule has 3 heterocycles. The molecule has 218 valence electrons. The van der Waals surface area contributed by atoms with E-state index in [2.05, 4.69) is 15.9 Å². The molecule has 1 N–H and O–H groups in total. The summed E-state index contributed by atoms with van der Waals surface area (Å²) in [6.07, 6.45) is 1.50. The highest BCUT2D eigenvalue weighted by molar-refractivity contribution is 9.10. The second-order valence-corrected chi connectivity index (χ2v) is 12.4. The van der Waals surface area contributed by atoms with Crippen molar-refractivity contribution < 1.29 is 36.4 Å². The minimum atomic E-state index is -4.16. The molecule has 0 aliphatic heterocycles. The third-order valence-electron chi connectivity index (χ3n) is 6.65. The van der Waals surface area contributed by atoms with E-state index in [0.29, 0.717) is 37.7 Å². The maximum absolute atomic E-state index is 14.0. The number of anilines is 1. The predicted molar refractivity (Wildman–Crippen MR) is 158 cm³/mol. The van der Waals surface area contributed by atoms with Crippen LogP contribution in [0.3, 0.4) is 0 Å². The number of carboxylic acids is 1. The molecule has 0 saturated carbocycles. The number of carbonyl (C=O) groups is 2. The summed E-state index contributed by atoms with van der Waals surface area (Å²) in [5.74, 6) is -1.34. The summed E-state index contributed by atoms with van der Waals surface area (Å²) < 4.78 is 46.0. The zero-order valence-electron chi connectivity index (χ0n) is 22.3. The molecule has 0 atom stereocenters. The molecule has 0 spiro atoms. The molecule has 0 bridgehead atoms. The lowest BCUT2D eigenvalue weighted by atomic mass is 10.1. The van der Waals surface area contributed by atoms with Crippen molar-refractivity contribution in [2.75, 3.05) is 10.8 Å². The van der Waals surface area contributed by atoms with Gasteiger partial charge in [0, 0.05) is 29.1 Å². The molecule has 3 aromatic heterocycles. The number of hydrogen-bond donors (Lipinski definition) is 1. The molecule has 0 unspecified atom stereocenters. The van der Waals surface area contributed by atoms with E-state index < -0.39 is 21.9 Å². The Morgan fingerprint density at radius 3 is 2.45 bits per heavy atom. The highest BCUT2D eigenvalue weighted by Crippen LogP contribution is 2.34. The van der Waals surface area contributed by atoms with Crippen molar-refractivity contribution in [3.8, 4) is 0 Å². The third kappa shape index (κ3) is 5.69. The Balaban J connectivity index is 1.55. The van der Waals surface area contributed by atoms with Gasteiger partial charge in [0.15, 0.2) is 10.4 Å². The Hall–Kier alpha value is -4.00. The number of aryl methyl sites for hydroxylation is 1. The van der Waals surface area contributed by atoms with E-state index in [9.17, 15) is 23.1 Å². The van der Waals surface area contributed by atoms with Crippen molar-refractivity contribution in [1.82, 2.24) is 4.90 Å². The first-order chi connectivity index (χ1) is 20.0. The molecule has 42 heavy (non-hydrogen) atoms. The minimum Gasteiger partial charge on any atom is -0.475 e. The molecule has 5 aromatic rings. The number of halogens is 2. The highest BCUT2D eigenvalue weighted by Gasteiger charge is 2.29. The highest BCUT2D eigenvalue weighted by atomic mass is 79.9. The van der Waals surface area contributed by atoms with E-state index in [1.807, 2.05) is 0 Å². The van der Waals surface area contributed by atoms with E-state index in [1.54, 1.807) is 50.2 Å². The van der Waals surface area contributed by atoms with Crippen LogP contribution in [0, 0.1) is 6.92 Å². The predicted octanol–water partition coefficient (Wildman–Crippen LogP) is 7.10. The third-order valence-corrected chi connectivity index (χ3v) is 9.19. The SMILES string of the molecule is CCN(c1ccc(Cl)cc1CN(Cc1ccco1)C(=O)c1ccc(Br)o1)S(=O)(=O)c1ccc2oc(C(=O)O)c(C)c2c1. The smallest absolute Gasteiger partial charge is 0.372 e. The number of benzene rings is 2. The Kier molecular flexibility index (Phi) is 8.22. The van der Waals surface area contributed by atoms with Gasteiger partial charge in [0.05, 0.1) is 23.4 Å². The van der Waals surface area contributed by atoms with Crippen molar-refractivity contribution in [2.45, 2.75) is 31.8 Å². The van der Waals surface area contributed by atoms with E-state index in [-0.39, 0.29) is 41.6 Å². The molecular formula is C29H24BrClN2O8S. The summed E-state index contributed by atoms with van der Waals surface area (Å²) in [5, 5.41) is 10.1. The van der Waals surface area contributed by atoms with Gasteiger partial charge in [-0.3, -0.25) is 9.10 Å². The Bertz CT molecular complexity index is 1900. The fourth-order valence-electron chi connectivity index (χ4n) is 4.67. The molecule has 0 aliphatic rings. The maximum atomic E-state index is 14.0. The fraction of sp³-hybridized carbons (Fsp3) is 0.172. The standard InChI is InChI=1S/C29H24BrClN2O8S/c1-3-33(42(37,38)21-7-9-24-22(14-21)17(2)27(41-24)29(35)36)23-8-6-19(31)13-18(23)15-32(16-20-5-4-12-39-20)28(34)25-10-11-26(30)40-25/h4-14H,3,15-16H2,1-2H3,(H,35,36). The lowest BCUT2D eigenvalue weighted by Crippen LogP contribution is -2.34. The second kappa shape index (κ2) is 11.7. The molecule has 0 radical (unpaired) electrons. The van der Waals surface area contributed by atoms with Gasteiger partial charge in [-0.15, -0.1) is 0 Å². The Labute approximate surface area is 254 Å². The van der Waals surface area contributed by atoms with Crippen LogP contribution in [0.15, 0.2) is 89.7 Å². The number of sulfonamides is 1. The second-order valence-electron chi connectivity index (χ2n) is 9.31. The molecule has 0 saturated heterocycles. The number of rotatable bonds is 10. The summed E-state index contributed by atoms with van der Waals surface area (Å²) in [6, 6.07) is 15.5. The molecule has 5 rings (SSSR count). The van der Waals surface area contributed by atoms with Crippen LogP contribution in [0.1, 0.15) is 44.9 Å². The fourth-order valence-corrected chi connectivity index (χ4v) is 6.71. The molecule has 0 fully saturated rings. The number of aromatic carboxylic acids is 1. The summed E-state index contributed by atoms with van der Waals surface area (Å²) in [4.78, 5) is 26.4. The average Bonchev–Trinajstić information content (AvgIpc) is 3.70. The van der Waals surface area contributed by atoms with Crippen LogP contribution < -0.4 is 4.31 Å². The van der Waals surface area contributed by atoms with Crippen LogP contribution >= 0.6 is 27.5 Å². The first-order valence-electron chi connectivity index (χ1n) is 12.6. The van der Waals surface area contributed by atoms with Gasteiger partial charge in [-0.1, -0.05) is 11.6 Å². The topological polar surface area (TPSA) is 134 Å². The van der Waals surface area contributed by atoms with Crippen molar-refractivity contribution in [3.05, 3.63) is 105 Å². The number of fused-ring (bicyclic) bond motifs is 1. The first kappa shape index (κ1) is 29.5. The van der Waals surface area contributed by atoms with Gasteiger partial charge in [0.25, 0.3) is 15.9 Å². The van der Waals surface area contributed by atoms with Gasteiger partial charge in [-0.25, -0.2) is 13.2 Å². The number of carboxylic acid groups (broad SMARTS) is 1. The van der Waals surface area contributed by atoms with Crippen LogP contribution in [-0.4, -0.2) is 36.8 Å². The summed E-state index contributed by atoms with van der Waals surface area (Å²) >= 11 is 9.58. The van der Waals surface area contributed by atoms with E-state index in [0.717, 1.165) is 0 Å². The normalized spacial score (nSPS) is 11.6. The molecule has 2 aromatic carbocycles. The van der Waals surface area contributed by atoms with Gasteiger partial charge in [0.1, 0.15) is 11.3 Å². The van der Waals surface area contributed by atoms with Gasteiger partial charge in [-0.2, -0.15) is 0 Å². The van der Waals surface area contributed by atoms with Crippen molar-refractivity contribution in [2.24, 2.45) is 0 Å². The lowest BCUT2D eigenvalue weighted by molar-refractivity contribution is 0.0661. The van der Waals surface area contributed by atoms with E-state index >= 15 is 0 Å². The van der Waals surface area contributed by atoms with Crippen LogP contribution in [0.2, 0.25) is 5.02 Å². The lowest BCUT2D eigenvalue weighted by Gasteiger charge is -2.28. The van der Waals surface area contributed by atoms with Crippen LogP contribution in [0.4, 0.5) is 5.69 Å². The monoisotopic (exact) mass is 674 g/mol. The summed E-state index contributed by atoms with van der Waals surface area (Å²) in [6.45, 7) is 3.35. The first-order valence-corrected chi connectivity index (χ1v) is 15.2. The Morgan fingerprint density at radius 2 is 1.81 bits per heavy atom. The summed E-state index contributed by atoms with van der Waals surface area (Å²) in [5.41, 5.74) is 1.36. The van der Waals surface area contributed by atoms with Crippen molar-refractivity contribution in [1.29, 1.82) is 0 Å². The summed E-state index contributed by atoms with van der Waals surface area (Å²) in [7, 11) is -4.16. The van der Waals surface area contributed by atoms with Crippen molar-refractivity contribution >= 4 is 66.1 Å². The molecule has 13 heteroatoms. The van der Waals surface area contributed by atoms with E-state index in [4.69, 9.17) is 24.9 Å². The minimum absolute atomic E-state index is 0.0262. The van der Waals surface area contributed by atoms with Crippen molar-refractivity contribution in [3.63, 3.8) is 0 Å². The van der Waals surface area contributed by atoms with Crippen LogP contribution in [-0.2, 0) is 23.1 Å². The van der Waals surface area contributed by atoms with Gasteiger partial charge < -0.3 is 23.3 Å². The van der Waals surface area contributed by atoms with Gasteiger partial charge in [0.2, 0.25) is 5.76 Å². The zero-order chi connectivity index (χ0) is 30.2. The zero-order valence-corrected chi connectivity index (χ0v) is 25.5. The number of furan rings is 3. The number of carbonyl (C=O) groups excluding carboxylic acids is 1. The molecule has 1 amide bonds. The molecule has 0 aliphatic carbocycles. The molecule has 10 nitrogen and oxygen atoms in total. The van der Waals surface area contributed by atoms with Crippen LogP contribution in [0.5, 0.6) is 0 Å². The number of hydrogen-bond acceptors (Lipinski definition) is 7. The number of amides is 1. The largest absolute Gasteiger partial charge is 0.475 e. The quantitative estimate of drug-likeness (QED) is 0.166. The van der Waals surface area contributed by atoms with Gasteiger partial charge >= 0.3 is 5.97 Å². The number of nitrogens with zero attached hydrogens (tertiary/aromatic N) is 2. The van der Waals surface area contributed by atoms with Crippen LogP contribution in [0.25, 0.3) is 11.0 Å². The Morgan fingerprint density at radius 1 is 1.02 bits per heavy atom. The maximum Gasteiger partial charge on any atom is 0.372 e.